The predicted octanol–water partition coefficient (Wildman–Crippen LogP) is 2.09. The molecule has 0 aliphatic heterocycles. The first-order valence-corrected chi connectivity index (χ1v) is 4.59. The van der Waals surface area contributed by atoms with Crippen LogP contribution in [0.4, 0.5) is 5.69 Å². The Labute approximate surface area is 84.1 Å². The van der Waals surface area contributed by atoms with Crippen molar-refractivity contribution in [1.29, 1.82) is 0 Å². The van der Waals surface area contributed by atoms with Crippen LogP contribution in [-0.2, 0) is 4.79 Å². The fraction of sp³-hybridized carbons (Fsp3) is 0.364. The number of nitrogens with one attached hydrogen (secondary N) is 1. The van der Waals surface area contributed by atoms with E-state index in [4.69, 9.17) is 4.74 Å². The van der Waals surface area contributed by atoms with Crippen LogP contribution in [0.2, 0.25) is 0 Å². The molecule has 3 heteroatoms. The molecule has 0 atom stereocenters. The molecular formula is C11H15NO2. The lowest BCUT2D eigenvalue weighted by Gasteiger charge is -2.06. The minimum absolute atomic E-state index is 0.195. The molecular weight excluding hydrogens is 178 g/mol. The third-order valence-corrected chi connectivity index (χ3v) is 1.88. The van der Waals surface area contributed by atoms with Crippen LogP contribution < -0.4 is 10.1 Å². The zero-order valence-corrected chi connectivity index (χ0v) is 8.54. The summed E-state index contributed by atoms with van der Waals surface area (Å²) in [6.07, 6.45) is 0.553. The molecule has 1 rings (SSSR count). The molecule has 0 fully saturated rings. The van der Waals surface area contributed by atoms with Gasteiger partial charge in [-0.15, -0.1) is 0 Å². The molecule has 0 unspecified atom stereocenters. The molecule has 0 radical (unpaired) electrons. The summed E-state index contributed by atoms with van der Waals surface area (Å²) >= 11 is 0. The number of benzene rings is 1. The summed E-state index contributed by atoms with van der Waals surface area (Å²) < 4.78 is 5.08. The molecule has 3 nitrogen and oxygen atoms in total. The number of anilines is 1. The number of methoxy groups -OCH3 is 1. The van der Waals surface area contributed by atoms with E-state index in [1.54, 1.807) is 14.0 Å². The lowest BCUT2D eigenvalue weighted by atomic mass is 10.2. The van der Waals surface area contributed by atoms with Gasteiger partial charge in [-0.2, -0.15) is 0 Å². The second-order valence-electron chi connectivity index (χ2n) is 3.11. The Balaban J connectivity index is 2.46. The van der Waals surface area contributed by atoms with Crippen LogP contribution in [0.15, 0.2) is 24.3 Å². The van der Waals surface area contributed by atoms with Gasteiger partial charge >= 0.3 is 0 Å². The van der Waals surface area contributed by atoms with Gasteiger partial charge in [0.2, 0.25) is 0 Å². The lowest BCUT2D eigenvalue weighted by Crippen LogP contribution is -2.05. The van der Waals surface area contributed by atoms with E-state index in [1.165, 1.54) is 0 Å². The lowest BCUT2D eigenvalue weighted by molar-refractivity contribution is -0.116. The average molecular weight is 193 g/mol. The predicted molar refractivity (Wildman–Crippen MR) is 56.8 cm³/mol. The SMILES string of the molecule is COc1cccc(NCCC(C)=O)c1. The third-order valence-electron chi connectivity index (χ3n) is 1.88. The van der Waals surface area contributed by atoms with Crippen LogP contribution in [0.3, 0.4) is 0 Å². The summed E-state index contributed by atoms with van der Waals surface area (Å²) in [4.78, 5) is 10.7. The number of Topliss-reactive ketones (excluding diaryl/α,β-unsaturated/α-hetero) is 1. The molecule has 1 aromatic carbocycles. The van der Waals surface area contributed by atoms with Gasteiger partial charge in [0, 0.05) is 24.7 Å². The summed E-state index contributed by atoms with van der Waals surface area (Å²) in [5, 5.41) is 3.15. The van der Waals surface area contributed by atoms with Crippen LogP contribution in [-0.4, -0.2) is 19.4 Å². The molecule has 0 heterocycles. The van der Waals surface area contributed by atoms with Crippen LogP contribution in [0.1, 0.15) is 13.3 Å². The fourth-order valence-electron chi connectivity index (χ4n) is 1.12. The molecule has 1 aromatic rings. The zero-order valence-electron chi connectivity index (χ0n) is 8.54. The monoisotopic (exact) mass is 193 g/mol. The van der Waals surface area contributed by atoms with Crippen LogP contribution in [0, 0.1) is 0 Å². The maximum atomic E-state index is 10.7. The summed E-state index contributed by atoms with van der Waals surface area (Å²) in [5.41, 5.74) is 0.977. The van der Waals surface area contributed by atoms with Gasteiger partial charge in [0.05, 0.1) is 7.11 Å². The Morgan fingerprint density at radius 3 is 2.93 bits per heavy atom. The van der Waals surface area contributed by atoms with E-state index < -0.39 is 0 Å². The first-order chi connectivity index (χ1) is 6.72. The van der Waals surface area contributed by atoms with Crippen molar-refractivity contribution < 1.29 is 9.53 Å². The maximum absolute atomic E-state index is 10.7. The highest BCUT2D eigenvalue weighted by Gasteiger charge is 1.96. The maximum Gasteiger partial charge on any atom is 0.131 e. The Kier molecular flexibility index (Phi) is 3.98. The number of rotatable bonds is 5. The Hall–Kier alpha value is -1.51. The van der Waals surface area contributed by atoms with E-state index in [2.05, 4.69) is 5.32 Å². The molecule has 0 aliphatic carbocycles. The van der Waals surface area contributed by atoms with E-state index in [1.807, 2.05) is 24.3 Å². The quantitative estimate of drug-likeness (QED) is 0.778. The highest BCUT2D eigenvalue weighted by molar-refractivity contribution is 5.76. The average Bonchev–Trinajstić information content (AvgIpc) is 2.18. The molecule has 76 valence electrons. The summed E-state index contributed by atoms with van der Waals surface area (Å²) in [7, 11) is 1.63. The van der Waals surface area contributed by atoms with E-state index in [0.717, 1.165) is 11.4 Å². The first kappa shape index (κ1) is 10.6. The second kappa shape index (κ2) is 5.27. The van der Waals surface area contributed by atoms with Crippen molar-refractivity contribution in [2.75, 3.05) is 19.0 Å². The van der Waals surface area contributed by atoms with Gasteiger partial charge in [-0.05, 0) is 19.1 Å². The van der Waals surface area contributed by atoms with Gasteiger partial charge in [0.15, 0.2) is 0 Å². The number of ketones is 1. The van der Waals surface area contributed by atoms with Gasteiger partial charge < -0.3 is 10.1 Å². The van der Waals surface area contributed by atoms with Crippen molar-refractivity contribution >= 4 is 11.5 Å². The molecule has 0 bridgehead atoms. The van der Waals surface area contributed by atoms with E-state index in [0.29, 0.717) is 13.0 Å². The highest BCUT2D eigenvalue weighted by Crippen LogP contribution is 2.16. The zero-order chi connectivity index (χ0) is 10.4. The minimum atomic E-state index is 0.195. The normalized spacial score (nSPS) is 9.57. The number of hydrogen-bond acceptors (Lipinski definition) is 3. The molecule has 0 saturated heterocycles. The summed E-state index contributed by atoms with van der Waals surface area (Å²) in [6, 6.07) is 7.65. The Morgan fingerprint density at radius 1 is 1.50 bits per heavy atom. The van der Waals surface area contributed by atoms with Gasteiger partial charge in [-0.1, -0.05) is 6.07 Å². The van der Waals surface area contributed by atoms with Crippen LogP contribution in [0.5, 0.6) is 5.75 Å². The molecule has 0 spiro atoms. The number of carbonyl (C=O) groups excluding carboxylic acids is 1. The van der Waals surface area contributed by atoms with Gasteiger partial charge in [-0.3, -0.25) is 4.79 Å². The Morgan fingerprint density at radius 2 is 2.29 bits per heavy atom. The minimum Gasteiger partial charge on any atom is -0.497 e. The molecule has 14 heavy (non-hydrogen) atoms. The highest BCUT2D eigenvalue weighted by atomic mass is 16.5. The fourth-order valence-corrected chi connectivity index (χ4v) is 1.12. The topological polar surface area (TPSA) is 38.3 Å². The van der Waals surface area contributed by atoms with Crippen LogP contribution >= 0.6 is 0 Å². The number of carbonyl (C=O) groups is 1. The van der Waals surface area contributed by atoms with E-state index in [9.17, 15) is 4.79 Å². The van der Waals surface area contributed by atoms with Gasteiger partial charge in [0.1, 0.15) is 11.5 Å². The summed E-state index contributed by atoms with van der Waals surface area (Å²) in [6.45, 7) is 2.26. The number of hydrogen-bond donors (Lipinski definition) is 1. The van der Waals surface area contributed by atoms with Crippen molar-refractivity contribution in [2.45, 2.75) is 13.3 Å². The van der Waals surface area contributed by atoms with Crippen molar-refractivity contribution in [3.05, 3.63) is 24.3 Å². The van der Waals surface area contributed by atoms with Gasteiger partial charge in [-0.25, -0.2) is 0 Å². The molecule has 0 aliphatic rings. The van der Waals surface area contributed by atoms with Crippen molar-refractivity contribution in [3.8, 4) is 5.75 Å². The third kappa shape index (κ3) is 3.47. The summed E-state index contributed by atoms with van der Waals surface area (Å²) in [5.74, 6) is 1.01. The largest absolute Gasteiger partial charge is 0.497 e. The number of ether oxygens (including phenoxy) is 1. The molecule has 0 amide bonds. The van der Waals surface area contributed by atoms with Crippen molar-refractivity contribution in [2.24, 2.45) is 0 Å². The molecule has 0 saturated carbocycles. The second-order valence-corrected chi connectivity index (χ2v) is 3.11. The van der Waals surface area contributed by atoms with Gasteiger partial charge in [0.25, 0.3) is 0 Å². The Bertz CT molecular complexity index is 310. The van der Waals surface area contributed by atoms with Crippen LogP contribution in [0.25, 0.3) is 0 Å². The standard InChI is InChI=1S/C11H15NO2/c1-9(13)6-7-12-10-4-3-5-11(8-10)14-2/h3-5,8,12H,6-7H2,1-2H3. The molecule has 1 N–H and O–H groups in total. The molecule has 0 aromatic heterocycles. The van der Waals surface area contributed by atoms with E-state index >= 15 is 0 Å². The van der Waals surface area contributed by atoms with Crippen molar-refractivity contribution in [1.82, 2.24) is 0 Å². The first-order valence-electron chi connectivity index (χ1n) is 4.59. The van der Waals surface area contributed by atoms with Crippen molar-refractivity contribution in [3.63, 3.8) is 0 Å². The van der Waals surface area contributed by atoms with E-state index in [-0.39, 0.29) is 5.78 Å². The smallest absolute Gasteiger partial charge is 0.131 e.